The summed E-state index contributed by atoms with van der Waals surface area (Å²) in [6, 6.07) is 0. The number of hydrogen-bond donors (Lipinski definition) is 0. The minimum atomic E-state index is -1.14. The summed E-state index contributed by atoms with van der Waals surface area (Å²) in [6.07, 6.45) is 8.96. The topological polar surface area (TPSA) is 0 Å². The lowest BCUT2D eigenvalue weighted by molar-refractivity contribution is 0.706. The average Bonchev–Trinajstić information content (AvgIpc) is 2.49. The van der Waals surface area contributed by atoms with Crippen LogP contribution in [0.4, 0.5) is 0 Å². The highest BCUT2D eigenvalue weighted by atomic mass is 31.2. The summed E-state index contributed by atoms with van der Waals surface area (Å²) in [5, 5.41) is 2.32. The van der Waals surface area contributed by atoms with Gasteiger partial charge >= 0.3 is 0 Å². The molecule has 0 amide bonds. The van der Waals surface area contributed by atoms with E-state index in [0.717, 1.165) is 0 Å². The molecule has 1 rings (SSSR count). The normalized spacial score (nSPS) is 17.7. The van der Waals surface area contributed by atoms with E-state index in [-0.39, 0.29) is 0 Å². The van der Waals surface area contributed by atoms with E-state index in [1.807, 2.05) is 0 Å². The average molecular weight is 224 g/mol. The molecule has 0 saturated carbocycles. The number of rotatable bonds is 0. The van der Waals surface area contributed by atoms with E-state index in [1.165, 1.54) is 0 Å². The predicted octanol–water partition coefficient (Wildman–Crippen LogP) is 4.53. The highest BCUT2D eigenvalue weighted by Crippen LogP contribution is 2.66. The van der Waals surface area contributed by atoms with Gasteiger partial charge in [0.1, 0.15) is 0 Å². The van der Waals surface area contributed by atoms with Gasteiger partial charge in [0, 0.05) is 0 Å². The molecule has 0 bridgehead atoms. The summed E-state index contributed by atoms with van der Waals surface area (Å²) in [5.41, 5.74) is 0. The molecule has 1 aliphatic rings. The molecule has 1 heteroatoms. The molecular formula is C14H25P. The van der Waals surface area contributed by atoms with Gasteiger partial charge in [0.2, 0.25) is 0 Å². The Morgan fingerprint density at radius 1 is 0.800 bits per heavy atom. The lowest BCUT2D eigenvalue weighted by Crippen LogP contribution is -2.31. The third-order valence-corrected chi connectivity index (χ3v) is 10.5. The zero-order chi connectivity index (χ0) is 11.9. The maximum absolute atomic E-state index is 2.50. The van der Waals surface area contributed by atoms with Crippen molar-refractivity contribution in [1.29, 1.82) is 0 Å². The summed E-state index contributed by atoms with van der Waals surface area (Å²) in [7, 11) is 0. The first-order valence-electron chi connectivity index (χ1n) is 5.70. The van der Waals surface area contributed by atoms with Crippen LogP contribution in [0, 0.1) is 0 Å². The van der Waals surface area contributed by atoms with E-state index in [1.54, 1.807) is 5.29 Å². The molecular weight excluding hydrogens is 199 g/mol. The molecule has 0 aliphatic heterocycles. The second-order valence-corrected chi connectivity index (χ2v) is 11.7. The van der Waals surface area contributed by atoms with E-state index in [9.17, 15) is 0 Å². The Hall–Kier alpha value is -0.220. The van der Waals surface area contributed by atoms with Gasteiger partial charge in [0.15, 0.2) is 0 Å². The van der Waals surface area contributed by atoms with Crippen LogP contribution in [0.15, 0.2) is 24.3 Å². The molecule has 0 atom stereocenters. The third kappa shape index (κ3) is 2.02. The van der Waals surface area contributed by atoms with Crippen LogP contribution < -0.4 is 0 Å². The molecule has 0 N–H and O–H groups in total. The fourth-order valence-corrected chi connectivity index (χ4v) is 6.77. The standard InChI is InChI=1S/C14H25P/c1-13(2,3)15(7,14(4,5)6)12-10-8-9-11-12/h8-11H,1-7H3. The van der Waals surface area contributed by atoms with Crippen molar-refractivity contribution in [2.75, 3.05) is 6.66 Å². The molecule has 0 spiro atoms. The van der Waals surface area contributed by atoms with Crippen molar-refractivity contribution in [2.45, 2.75) is 51.9 Å². The maximum atomic E-state index is 2.50. The Labute approximate surface area is 95.4 Å². The van der Waals surface area contributed by atoms with Crippen molar-refractivity contribution in [2.24, 2.45) is 0 Å². The minimum absolute atomic E-state index is 0.375. The molecule has 0 unspecified atom stereocenters. The Kier molecular flexibility index (Phi) is 3.14. The molecule has 0 aromatic carbocycles. The first kappa shape index (κ1) is 12.8. The van der Waals surface area contributed by atoms with Crippen molar-refractivity contribution in [3.05, 3.63) is 24.3 Å². The van der Waals surface area contributed by atoms with Crippen LogP contribution in [-0.2, 0) is 0 Å². The molecule has 1 aliphatic carbocycles. The molecule has 0 fully saturated rings. The SMILES string of the molecule is CC(C)(C)P(C)(=C1C=CC=C1)C(C)(C)C. The van der Waals surface area contributed by atoms with Crippen LogP contribution >= 0.6 is 6.89 Å². The smallest absolute Gasteiger partial charge is 0.0173 e. The quantitative estimate of drug-likeness (QED) is 0.530. The zero-order valence-electron chi connectivity index (χ0n) is 11.3. The van der Waals surface area contributed by atoms with E-state index in [4.69, 9.17) is 0 Å². The Bertz CT molecular complexity index is 322. The molecule has 15 heavy (non-hydrogen) atoms. The van der Waals surface area contributed by atoms with Crippen LogP contribution in [0.5, 0.6) is 0 Å². The molecule has 0 radical (unpaired) electrons. The Morgan fingerprint density at radius 3 is 1.40 bits per heavy atom. The van der Waals surface area contributed by atoms with Gasteiger partial charge in [0.25, 0.3) is 0 Å². The summed E-state index contributed by atoms with van der Waals surface area (Å²) in [5.74, 6) is 0. The second-order valence-electron chi connectivity index (χ2n) is 6.49. The van der Waals surface area contributed by atoms with Crippen molar-refractivity contribution in [1.82, 2.24) is 0 Å². The van der Waals surface area contributed by atoms with Gasteiger partial charge in [0.05, 0.1) is 0 Å². The summed E-state index contributed by atoms with van der Waals surface area (Å²) in [4.78, 5) is 0. The summed E-state index contributed by atoms with van der Waals surface area (Å²) in [6.45, 7) is 15.7. The monoisotopic (exact) mass is 224 g/mol. The minimum Gasteiger partial charge on any atom is -0.0902 e. The number of allylic oxidation sites excluding steroid dienone is 4. The van der Waals surface area contributed by atoms with Crippen LogP contribution in [-0.4, -0.2) is 22.3 Å². The lowest BCUT2D eigenvalue weighted by atomic mass is 10.2. The second kappa shape index (κ2) is 3.67. The molecule has 0 aromatic heterocycles. The van der Waals surface area contributed by atoms with Crippen LogP contribution in [0.2, 0.25) is 0 Å². The van der Waals surface area contributed by atoms with E-state index in [2.05, 4.69) is 72.5 Å². The third-order valence-electron chi connectivity index (χ3n) is 3.84. The van der Waals surface area contributed by atoms with Crippen molar-refractivity contribution in [3.63, 3.8) is 0 Å². The van der Waals surface area contributed by atoms with Crippen LogP contribution in [0.25, 0.3) is 0 Å². The molecule has 0 aromatic rings. The van der Waals surface area contributed by atoms with Gasteiger partial charge in [-0.2, -0.15) is 0 Å². The highest BCUT2D eigenvalue weighted by molar-refractivity contribution is 7.79. The van der Waals surface area contributed by atoms with E-state index in [0.29, 0.717) is 10.3 Å². The predicted molar refractivity (Wildman–Crippen MR) is 75.6 cm³/mol. The fourth-order valence-electron chi connectivity index (χ4n) is 2.44. The van der Waals surface area contributed by atoms with Gasteiger partial charge in [-0.25, -0.2) is 0 Å². The van der Waals surface area contributed by atoms with Crippen LogP contribution in [0.3, 0.4) is 0 Å². The first-order chi connectivity index (χ1) is 6.61. The summed E-state index contributed by atoms with van der Waals surface area (Å²) < 4.78 is 0. The Morgan fingerprint density at radius 2 is 1.13 bits per heavy atom. The summed E-state index contributed by atoms with van der Waals surface area (Å²) >= 11 is 0. The fraction of sp³-hybridized carbons (Fsp3) is 0.643. The van der Waals surface area contributed by atoms with Gasteiger partial charge in [-0.3, -0.25) is 0 Å². The maximum Gasteiger partial charge on any atom is -0.0173 e. The highest BCUT2D eigenvalue weighted by Gasteiger charge is 2.39. The molecule has 0 heterocycles. The van der Waals surface area contributed by atoms with Crippen molar-refractivity contribution >= 4 is 12.2 Å². The molecule has 86 valence electrons. The zero-order valence-corrected chi connectivity index (χ0v) is 12.2. The molecule has 0 saturated heterocycles. The molecule has 0 nitrogen and oxygen atoms in total. The van der Waals surface area contributed by atoms with Crippen molar-refractivity contribution < 1.29 is 0 Å². The van der Waals surface area contributed by atoms with Gasteiger partial charge < -0.3 is 0 Å². The number of hydrogen-bond acceptors (Lipinski definition) is 0. The lowest BCUT2D eigenvalue weighted by Gasteiger charge is -2.47. The largest absolute Gasteiger partial charge is 0.0902 e. The van der Waals surface area contributed by atoms with Gasteiger partial charge in [-0.15, -0.1) is 0 Å². The van der Waals surface area contributed by atoms with Crippen LogP contribution in [0.1, 0.15) is 41.5 Å². The van der Waals surface area contributed by atoms with Gasteiger partial charge in [-0.1, -0.05) is 72.7 Å². The Balaban J connectivity index is 3.54. The first-order valence-corrected chi connectivity index (χ1v) is 7.93. The van der Waals surface area contributed by atoms with Gasteiger partial charge in [-0.05, 0) is 22.3 Å². The van der Waals surface area contributed by atoms with E-state index >= 15 is 0 Å². The van der Waals surface area contributed by atoms with Crippen molar-refractivity contribution in [3.8, 4) is 0 Å². The van der Waals surface area contributed by atoms with E-state index < -0.39 is 6.89 Å².